The van der Waals surface area contributed by atoms with E-state index in [0.717, 1.165) is 0 Å². The molecule has 0 radical (unpaired) electrons. The third-order valence-corrected chi connectivity index (χ3v) is 2.33. The lowest BCUT2D eigenvalue weighted by molar-refractivity contribution is -0.286. The van der Waals surface area contributed by atoms with Gasteiger partial charge in [0.2, 0.25) is 5.91 Å². The van der Waals surface area contributed by atoms with E-state index in [4.69, 9.17) is 19.9 Å². The van der Waals surface area contributed by atoms with Gasteiger partial charge in [0.15, 0.2) is 12.4 Å². The van der Waals surface area contributed by atoms with Crippen LogP contribution in [0.4, 0.5) is 0 Å². The molecule has 7 nitrogen and oxygen atoms in total. The van der Waals surface area contributed by atoms with Crippen molar-refractivity contribution in [3.05, 3.63) is 0 Å². The van der Waals surface area contributed by atoms with Crippen LogP contribution in [-0.4, -0.2) is 61.0 Å². The third-order valence-electron chi connectivity index (χ3n) is 2.33. The van der Waals surface area contributed by atoms with Crippen molar-refractivity contribution in [2.45, 2.75) is 30.7 Å². The van der Waals surface area contributed by atoms with E-state index in [-0.39, 0.29) is 0 Å². The summed E-state index contributed by atoms with van der Waals surface area (Å²) >= 11 is 0. The molecule has 1 fully saturated rings. The molecule has 0 saturated carbocycles. The zero-order valence-electron chi connectivity index (χ0n) is 8.49. The monoisotopic (exact) mass is 221 g/mol. The first kappa shape index (κ1) is 12.3. The van der Waals surface area contributed by atoms with Crippen LogP contribution in [0.25, 0.3) is 0 Å². The van der Waals surface area contributed by atoms with E-state index in [1.54, 1.807) is 0 Å². The molecule has 0 bridgehead atoms. The number of methoxy groups -OCH3 is 2. The van der Waals surface area contributed by atoms with Crippen LogP contribution in [0, 0.1) is 0 Å². The molecule has 4 N–H and O–H groups in total. The minimum absolute atomic E-state index is 0.783. The molecule has 0 aromatic heterocycles. The molecule has 1 aliphatic heterocycles. The highest BCUT2D eigenvalue weighted by molar-refractivity contribution is 5.79. The van der Waals surface area contributed by atoms with E-state index >= 15 is 0 Å². The lowest BCUT2D eigenvalue weighted by Crippen LogP contribution is -2.61. The highest BCUT2D eigenvalue weighted by Gasteiger charge is 2.47. The molecule has 0 aromatic carbocycles. The van der Waals surface area contributed by atoms with Crippen LogP contribution >= 0.6 is 0 Å². The van der Waals surface area contributed by atoms with Gasteiger partial charge in [-0.2, -0.15) is 0 Å². The number of aliphatic hydroxyl groups is 2. The molecule has 1 amide bonds. The Morgan fingerprint density at radius 3 is 2.27 bits per heavy atom. The van der Waals surface area contributed by atoms with Crippen molar-refractivity contribution in [2.75, 3.05) is 14.2 Å². The predicted octanol–water partition coefficient (Wildman–Crippen LogP) is -2.42. The van der Waals surface area contributed by atoms with Crippen molar-refractivity contribution >= 4 is 5.91 Å². The Morgan fingerprint density at radius 1 is 1.27 bits per heavy atom. The van der Waals surface area contributed by atoms with Crippen LogP contribution in [0.3, 0.4) is 0 Å². The number of amides is 1. The summed E-state index contributed by atoms with van der Waals surface area (Å²) in [7, 11) is 2.57. The molecule has 88 valence electrons. The van der Waals surface area contributed by atoms with E-state index in [1.807, 2.05) is 0 Å². The Labute approximate surface area is 86.7 Å². The van der Waals surface area contributed by atoms with E-state index in [1.165, 1.54) is 14.2 Å². The first-order valence-electron chi connectivity index (χ1n) is 4.39. The first-order valence-corrected chi connectivity index (χ1v) is 4.39. The minimum Gasteiger partial charge on any atom is -0.387 e. The average Bonchev–Trinajstić information content (AvgIpc) is 2.21. The summed E-state index contributed by atoms with van der Waals surface area (Å²) in [4.78, 5) is 11.0. The number of primary amides is 1. The fourth-order valence-electron chi connectivity index (χ4n) is 1.52. The van der Waals surface area contributed by atoms with Gasteiger partial charge in [-0.25, -0.2) is 0 Å². The smallest absolute Gasteiger partial charge is 0.249 e. The van der Waals surface area contributed by atoms with Crippen molar-refractivity contribution in [3.8, 4) is 0 Å². The van der Waals surface area contributed by atoms with Gasteiger partial charge in [-0.15, -0.1) is 0 Å². The van der Waals surface area contributed by atoms with E-state index in [2.05, 4.69) is 0 Å². The largest absolute Gasteiger partial charge is 0.387 e. The molecule has 0 aromatic rings. The Morgan fingerprint density at radius 2 is 1.87 bits per heavy atom. The number of hydrogen-bond acceptors (Lipinski definition) is 6. The summed E-state index contributed by atoms with van der Waals surface area (Å²) in [6.45, 7) is 0. The maximum atomic E-state index is 11.0. The molecule has 15 heavy (non-hydrogen) atoms. The second-order valence-electron chi connectivity index (χ2n) is 3.24. The van der Waals surface area contributed by atoms with Gasteiger partial charge < -0.3 is 30.2 Å². The van der Waals surface area contributed by atoms with Gasteiger partial charge in [0.25, 0.3) is 0 Å². The normalized spacial score (nSPS) is 41.5. The Balaban J connectivity index is 2.84. The topological polar surface area (TPSA) is 111 Å². The minimum atomic E-state index is -1.29. The number of nitrogens with two attached hydrogens (primary N) is 1. The van der Waals surface area contributed by atoms with Crippen molar-refractivity contribution in [1.82, 2.24) is 0 Å². The molecule has 0 aliphatic carbocycles. The molecule has 0 spiro atoms. The van der Waals surface area contributed by atoms with Gasteiger partial charge in [0.05, 0.1) is 0 Å². The van der Waals surface area contributed by atoms with Gasteiger partial charge in [-0.1, -0.05) is 0 Å². The van der Waals surface area contributed by atoms with Crippen molar-refractivity contribution in [2.24, 2.45) is 5.73 Å². The molecule has 1 saturated heterocycles. The summed E-state index contributed by atoms with van der Waals surface area (Å²) in [5.41, 5.74) is 5.07. The second-order valence-corrected chi connectivity index (χ2v) is 3.24. The number of carbonyl (C=O) groups excluding carboxylic acids is 1. The standard InChI is InChI=1S/C8H15NO6/c1-13-5-3(10)4(11)8(14-2)15-6(5)7(9)12/h3-6,8,10-11H,1-2H3,(H2,9,12). The summed E-state index contributed by atoms with van der Waals surface area (Å²) < 4.78 is 14.7. The molecule has 5 atom stereocenters. The maximum absolute atomic E-state index is 11.0. The zero-order chi connectivity index (χ0) is 11.6. The molecular formula is C8H15NO6. The lowest BCUT2D eigenvalue weighted by Gasteiger charge is -2.39. The number of rotatable bonds is 3. The highest BCUT2D eigenvalue weighted by Crippen LogP contribution is 2.23. The maximum Gasteiger partial charge on any atom is 0.249 e. The summed E-state index contributed by atoms with van der Waals surface area (Å²) in [6.07, 6.45) is -5.80. The predicted molar refractivity (Wildman–Crippen MR) is 47.7 cm³/mol. The zero-order valence-corrected chi connectivity index (χ0v) is 8.49. The first-order chi connectivity index (χ1) is 7.02. The van der Waals surface area contributed by atoms with E-state index < -0.39 is 36.6 Å². The van der Waals surface area contributed by atoms with Gasteiger partial charge in [-0.3, -0.25) is 4.79 Å². The van der Waals surface area contributed by atoms with Crippen molar-refractivity contribution in [3.63, 3.8) is 0 Å². The summed E-state index contributed by atoms with van der Waals surface area (Å²) in [5.74, 6) is -0.783. The van der Waals surface area contributed by atoms with Crippen LogP contribution in [0.15, 0.2) is 0 Å². The van der Waals surface area contributed by atoms with Gasteiger partial charge in [0.1, 0.15) is 18.3 Å². The quantitative estimate of drug-likeness (QED) is 0.489. The van der Waals surface area contributed by atoms with Crippen molar-refractivity contribution < 1.29 is 29.2 Å². The number of carbonyl (C=O) groups is 1. The van der Waals surface area contributed by atoms with Gasteiger partial charge >= 0.3 is 0 Å². The van der Waals surface area contributed by atoms with Crippen molar-refractivity contribution in [1.29, 1.82) is 0 Å². The molecule has 5 unspecified atom stereocenters. The molecule has 7 heteroatoms. The number of aliphatic hydroxyl groups excluding tert-OH is 2. The lowest BCUT2D eigenvalue weighted by atomic mass is 9.98. The fraction of sp³-hybridized carbons (Fsp3) is 0.875. The van der Waals surface area contributed by atoms with E-state index in [0.29, 0.717) is 0 Å². The average molecular weight is 221 g/mol. The van der Waals surface area contributed by atoms with Crippen LogP contribution in [0.2, 0.25) is 0 Å². The molecule has 1 aliphatic rings. The van der Waals surface area contributed by atoms with Crippen LogP contribution in [0.5, 0.6) is 0 Å². The van der Waals surface area contributed by atoms with Crippen LogP contribution < -0.4 is 5.73 Å². The fourth-order valence-corrected chi connectivity index (χ4v) is 1.52. The summed E-state index contributed by atoms with van der Waals surface area (Å²) in [6, 6.07) is 0. The van der Waals surface area contributed by atoms with Gasteiger partial charge in [-0.05, 0) is 0 Å². The van der Waals surface area contributed by atoms with E-state index in [9.17, 15) is 15.0 Å². The second kappa shape index (κ2) is 4.86. The Hall–Kier alpha value is -0.730. The van der Waals surface area contributed by atoms with Crippen LogP contribution in [-0.2, 0) is 19.0 Å². The SMILES string of the molecule is COC1OC(C(N)=O)C(OC)C(O)C1O. The Bertz CT molecular complexity index is 235. The van der Waals surface area contributed by atoms with Crippen LogP contribution in [0.1, 0.15) is 0 Å². The number of hydrogen-bond donors (Lipinski definition) is 3. The summed E-state index contributed by atoms with van der Waals surface area (Å²) in [5, 5.41) is 19.1. The molecule has 1 heterocycles. The number of ether oxygens (including phenoxy) is 3. The molecule has 1 rings (SSSR count). The van der Waals surface area contributed by atoms with Gasteiger partial charge in [0, 0.05) is 14.2 Å². The Kier molecular flexibility index (Phi) is 4.00. The third kappa shape index (κ3) is 2.27. The highest BCUT2D eigenvalue weighted by atomic mass is 16.7. The molecular weight excluding hydrogens is 206 g/mol.